The first kappa shape index (κ1) is 13.4. The van der Waals surface area contributed by atoms with Gasteiger partial charge in [-0.05, 0) is 76.0 Å². The molecule has 0 aromatic rings. The smallest absolute Gasteiger partial charge is 0.217 e. The van der Waals surface area contributed by atoms with Crippen molar-refractivity contribution in [2.75, 3.05) is 0 Å². The largest absolute Gasteiger partial charge is 0.351 e. The predicted molar refractivity (Wildman–Crippen MR) is 76.5 cm³/mol. The van der Waals surface area contributed by atoms with E-state index in [1.54, 1.807) is 6.92 Å². The maximum Gasteiger partial charge on any atom is 0.217 e. The number of hydrogen-bond donors (Lipinski definition) is 2. The average molecular weight is 264 g/mol. The lowest BCUT2D eigenvalue weighted by Crippen LogP contribution is -2.64. The van der Waals surface area contributed by atoms with E-state index in [1.807, 2.05) is 0 Å². The molecule has 108 valence electrons. The van der Waals surface area contributed by atoms with Crippen LogP contribution in [0.25, 0.3) is 0 Å². The van der Waals surface area contributed by atoms with E-state index in [-0.39, 0.29) is 17.0 Å². The third-order valence-electron chi connectivity index (χ3n) is 5.45. The molecule has 4 aliphatic carbocycles. The van der Waals surface area contributed by atoms with Crippen LogP contribution >= 0.6 is 0 Å². The van der Waals surface area contributed by atoms with E-state index in [0.717, 1.165) is 24.7 Å². The van der Waals surface area contributed by atoms with Crippen molar-refractivity contribution in [2.24, 2.45) is 23.0 Å². The van der Waals surface area contributed by atoms with Crippen LogP contribution in [-0.4, -0.2) is 17.0 Å². The molecule has 0 radical (unpaired) electrons. The molecule has 19 heavy (non-hydrogen) atoms. The SMILES string of the molecule is CC(=O)NC12CC3CC(CC(CC(C)(C)N)(C3)C1)C2. The fourth-order valence-electron chi connectivity index (χ4n) is 6.15. The van der Waals surface area contributed by atoms with Crippen LogP contribution in [0.5, 0.6) is 0 Å². The number of rotatable bonds is 3. The van der Waals surface area contributed by atoms with Crippen molar-refractivity contribution >= 4 is 5.91 Å². The van der Waals surface area contributed by atoms with Gasteiger partial charge in [-0.15, -0.1) is 0 Å². The highest BCUT2D eigenvalue weighted by Gasteiger charge is 2.58. The monoisotopic (exact) mass is 264 g/mol. The van der Waals surface area contributed by atoms with Gasteiger partial charge in [0.05, 0.1) is 0 Å². The molecule has 4 rings (SSSR count). The zero-order valence-corrected chi connectivity index (χ0v) is 12.6. The summed E-state index contributed by atoms with van der Waals surface area (Å²) in [6.45, 7) is 5.96. The molecule has 0 heterocycles. The standard InChI is InChI=1S/C16H28N2O/c1-11(19)18-16-7-12-4-13(8-16)6-15(5-12,10-16)9-14(2,3)17/h12-13H,4-10,17H2,1-3H3,(H,18,19). The van der Waals surface area contributed by atoms with Crippen LogP contribution in [0.15, 0.2) is 0 Å². The quantitative estimate of drug-likeness (QED) is 0.823. The molecule has 2 unspecified atom stereocenters. The van der Waals surface area contributed by atoms with E-state index < -0.39 is 0 Å². The molecule has 4 fully saturated rings. The fourth-order valence-corrected chi connectivity index (χ4v) is 6.15. The maximum absolute atomic E-state index is 11.6. The summed E-state index contributed by atoms with van der Waals surface area (Å²) in [6, 6.07) is 0. The van der Waals surface area contributed by atoms with Gasteiger partial charge in [-0.1, -0.05) is 0 Å². The second-order valence-corrected chi connectivity index (χ2v) is 8.59. The minimum Gasteiger partial charge on any atom is -0.351 e. The van der Waals surface area contributed by atoms with Crippen LogP contribution in [-0.2, 0) is 4.79 Å². The minimum absolute atomic E-state index is 0.0942. The van der Waals surface area contributed by atoms with Crippen molar-refractivity contribution < 1.29 is 4.79 Å². The summed E-state index contributed by atoms with van der Waals surface area (Å²) < 4.78 is 0. The van der Waals surface area contributed by atoms with Gasteiger partial charge in [0.2, 0.25) is 5.91 Å². The van der Waals surface area contributed by atoms with Gasteiger partial charge in [-0.2, -0.15) is 0 Å². The number of amides is 1. The molecule has 4 bridgehead atoms. The van der Waals surface area contributed by atoms with Crippen LogP contribution in [0, 0.1) is 17.3 Å². The number of nitrogens with two attached hydrogens (primary N) is 1. The van der Waals surface area contributed by atoms with E-state index in [9.17, 15) is 4.79 Å². The van der Waals surface area contributed by atoms with Gasteiger partial charge in [-0.25, -0.2) is 0 Å². The molecule has 3 N–H and O–H groups in total. The molecular formula is C16H28N2O. The molecule has 0 spiro atoms. The summed E-state index contributed by atoms with van der Waals surface area (Å²) in [5.41, 5.74) is 6.71. The van der Waals surface area contributed by atoms with E-state index >= 15 is 0 Å². The van der Waals surface area contributed by atoms with Crippen molar-refractivity contribution in [3.63, 3.8) is 0 Å². The topological polar surface area (TPSA) is 55.1 Å². The summed E-state index contributed by atoms with van der Waals surface area (Å²) >= 11 is 0. The predicted octanol–water partition coefficient (Wildman–Crippen LogP) is 2.59. The highest BCUT2D eigenvalue weighted by molar-refractivity contribution is 5.74. The normalized spacial score (nSPS) is 44.4. The molecular weight excluding hydrogens is 236 g/mol. The van der Waals surface area contributed by atoms with Gasteiger partial charge in [0.15, 0.2) is 0 Å². The summed E-state index contributed by atoms with van der Waals surface area (Å²) in [5.74, 6) is 1.77. The number of carbonyl (C=O) groups excluding carboxylic acids is 1. The van der Waals surface area contributed by atoms with Crippen LogP contribution in [0.1, 0.15) is 65.7 Å². The van der Waals surface area contributed by atoms with Gasteiger partial charge in [-0.3, -0.25) is 4.79 Å². The second-order valence-electron chi connectivity index (χ2n) is 8.59. The maximum atomic E-state index is 11.6. The van der Waals surface area contributed by atoms with Crippen LogP contribution in [0.4, 0.5) is 0 Å². The first-order valence-corrected chi connectivity index (χ1v) is 7.77. The molecule has 4 saturated carbocycles. The number of hydrogen-bond acceptors (Lipinski definition) is 2. The highest BCUT2D eigenvalue weighted by Crippen LogP contribution is 2.63. The first-order chi connectivity index (χ1) is 8.69. The molecule has 1 amide bonds. The molecule has 0 aromatic heterocycles. The van der Waals surface area contributed by atoms with Crippen molar-refractivity contribution in [2.45, 2.75) is 76.8 Å². The Labute approximate surface area is 116 Å². The molecule has 4 aliphatic rings. The molecule has 0 aromatic carbocycles. The van der Waals surface area contributed by atoms with Gasteiger partial charge in [0.1, 0.15) is 0 Å². The zero-order valence-electron chi connectivity index (χ0n) is 12.6. The van der Waals surface area contributed by atoms with Crippen molar-refractivity contribution in [1.82, 2.24) is 5.32 Å². The van der Waals surface area contributed by atoms with Crippen molar-refractivity contribution in [1.29, 1.82) is 0 Å². The zero-order chi connectivity index (χ0) is 13.9. The van der Waals surface area contributed by atoms with Crippen molar-refractivity contribution in [3.05, 3.63) is 0 Å². The van der Waals surface area contributed by atoms with E-state index in [0.29, 0.717) is 5.41 Å². The van der Waals surface area contributed by atoms with Crippen LogP contribution in [0.3, 0.4) is 0 Å². The summed E-state index contributed by atoms with van der Waals surface area (Å²) in [5, 5.41) is 3.32. The molecule has 3 heteroatoms. The van der Waals surface area contributed by atoms with E-state index in [1.165, 1.54) is 32.1 Å². The Balaban J connectivity index is 1.86. The third kappa shape index (κ3) is 2.54. The van der Waals surface area contributed by atoms with E-state index in [2.05, 4.69) is 19.2 Å². The van der Waals surface area contributed by atoms with Crippen molar-refractivity contribution in [3.8, 4) is 0 Å². The average Bonchev–Trinajstić information content (AvgIpc) is 2.06. The summed E-state index contributed by atoms with van der Waals surface area (Å²) in [4.78, 5) is 11.6. The lowest BCUT2D eigenvalue weighted by molar-refractivity contribution is -0.130. The number of carbonyl (C=O) groups is 1. The fraction of sp³-hybridized carbons (Fsp3) is 0.938. The highest BCUT2D eigenvalue weighted by atomic mass is 16.1. The lowest BCUT2D eigenvalue weighted by Gasteiger charge is -2.63. The van der Waals surface area contributed by atoms with E-state index in [4.69, 9.17) is 5.73 Å². The number of nitrogens with one attached hydrogen (secondary N) is 1. The van der Waals surface area contributed by atoms with Gasteiger partial charge >= 0.3 is 0 Å². The van der Waals surface area contributed by atoms with Crippen LogP contribution < -0.4 is 11.1 Å². The minimum atomic E-state index is -0.0942. The third-order valence-corrected chi connectivity index (χ3v) is 5.45. The first-order valence-electron chi connectivity index (χ1n) is 7.77. The second kappa shape index (κ2) is 3.97. The summed E-state index contributed by atoms with van der Waals surface area (Å²) in [6.07, 6.45) is 8.73. The Hall–Kier alpha value is -0.570. The Morgan fingerprint density at radius 2 is 1.84 bits per heavy atom. The summed E-state index contributed by atoms with van der Waals surface area (Å²) in [7, 11) is 0. The molecule has 3 nitrogen and oxygen atoms in total. The van der Waals surface area contributed by atoms with Gasteiger partial charge in [0, 0.05) is 18.0 Å². The van der Waals surface area contributed by atoms with Gasteiger partial charge in [0.25, 0.3) is 0 Å². The lowest BCUT2D eigenvalue weighted by atomic mass is 9.45. The Bertz CT molecular complexity index is 382. The Morgan fingerprint density at radius 1 is 1.26 bits per heavy atom. The molecule has 0 aliphatic heterocycles. The van der Waals surface area contributed by atoms with Crippen LogP contribution in [0.2, 0.25) is 0 Å². The molecule has 2 atom stereocenters. The Kier molecular flexibility index (Phi) is 2.80. The molecule has 0 saturated heterocycles. The van der Waals surface area contributed by atoms with Gasteiger partial charge < -0.3 is 11.1 Å². The Morgan fingerprint density at radius 3 is 2.32 bits per heavy atom.